The van der Waals surface area contributed by atoms with E-state index < -0.39 is 8.07 Å². The molecule has 43 heavy (non-hydrogen) atoms. The number of benzene rings is 6. The summed E-state index contributed by atoms with van der Waals surface area (Å²) in [6, 6.07) is 62.2. The smallest absolute Gasteiger partial charge is 0.0622 e. The third-order valence-corrected chi connectivity index (χ3v) is 10.4. The van der Waals surface area contributed by atoms with Crippen LogP contribution >= 0.6 is 0 Å². The first kappa shape index (κ1) is 28.5. The van der Waals surface area contributed by atoms with E-state index in [9.17, 15) is 0 Å². The molecule has 210 valence electrons. The molecule has 0 unspecified atom stereocenters. The largest absolute Gasteiger partial charge is 0.121 e. The van der Waals surface area contributed by atoms with Crippen molar-refractivity contribution >= 4 is 8.07 Å². The van der Waals surface area contributed by atoms with Crippen molar-refractivity contribution in [1.82, 2.24) is 0 Å². The molecule has 1 heteroatoms. The number of rotatable bonds is 9. The molecule has 0 radical (unpaired) electrons. The van der Waals surface area contributed by atoms with Gasteiger partial charge < -0.3 is 0 Å². The summed E-state index contributed by atoms with van der Waals surface area (Å²) in [5.74, 6) is 0.415. The van der Waals surface area contributed by atoms with Crippen LogP contribution in [0.4, 0.5) is 0 Å². The summed E-state index contributed by atoms with van der Waals surface area (Å²) in [6.45, 7) is 7.37. The topological polar surface area (TPSA) is 0 Å². The Hall–Kier alpha value is -4.59. The van der Waals surface area contributed by atoms with Gasteiger partial charge in [0.05, 0.1) is 11.1 Å². The molecule has 0 saturated heterocycles. The van der Waals surface area contributed by atoms with Crippen LogP contribution in [-0.4, -0.2) is 8.07 Å². The Bertz CT molecular complexity index is 1500. The summed E-state index contributed by atoms with van der Waals surface area (Å²) in [4.78, 5) is 0. The van der Waals surface area contributed by atoms with Crippen molar-refractivity contribution in [3.8, 4) is 0 Å². The quantitative estimate of drug-likeness (QED) is 0.0920. The van der Waals surface area contributed by atoms with Crippen LogP contribution in [0.5, 0.6) is 0 Å². The van der Waals surface area contributed by atoms with E-state index in [4.69, 9.17) is 0 Å². The summed E-state index contributed by atoms with van der Waals surface area (Å²) < 4.78 is 0. The van der Waals surface area contributed by atoms with Crippen LogP contribution < -0.4 is 0 Å². The Morgan fingerprint density at radius 2 is 0.558 bits per heavy atom. The van der Waals surface area contributed by atoms with E-state index in [1.54, 1.807) is 0 Å². The van der Waals surface area contributed by atoms with Gasteiger partial charge in [0.25, 0.3) is 0 Å². The van der Waals surface area contributed by atoms with Crippen molar-refractivity contribution in [2.24, 2.45) is 0 Å². The van der Waals surface area contributed by atoms with Crippen LogP contribution in [0.3, 0.4) is 0 Å². The summed E-state index contributed by atoms with van der Waals surface area (Å²) in [5, 5.41) is 0. The van der Waals surface area contributed by atoms with Crippen LogP contribution in [0.15, 0.2) is 170 Å². The molecule has 0 aliphatic rings. The highest BCUT2D eigenvalue weighted by Gasteiger charge is 2.35. The molecule has 0 aromatic heterocycles. The lowest BCUT2D eigenvalue weighted by atomic mass is 9.84. The van der Waals surface area contributed by atoms with Gasteiger partial charge in [-0.25, -0.2) is 0 Å². The van der Waals surface area contributed by atoms with Gasteiger partial charge in [-0.1, -0.05) is 141 Å². The van der Waals surface area contributed by atoms with E-state index in [1.165, 1.54) is 50.0 Å². The fourth-order valence-corrected chi connectivity index (χ4v) is 8.52. The molecular weight excluding hydrogens is 533 g/mol. The number of hydrogen-bond acceptors (Lipinski definition) is 0. The Labute approximate surface area is 258 Å². The molecule has 0 N–H and O–H groups in total. The van der Waals surface area contributed by atoms with Crippen LogP contribution in [-0.2, 0) is 0 Å². The average Bonchev–Trinajstić information content (AvgIpc) is 3.04. The van der Waals surface area contributed by atoms with Gasteiger partial charge in [-0.3, -0.25) is 0 Å². The molecule has 0 amide bonds. The normalized spacial score (nSPS) is 11.6. The molecule has 6 rings (SSSR count). The zero-order valence-corrected chi connectivity index (χ0v) is 26.3. The maximum atomic E-state index is 2.46. The second-order valence-electron chi connectivity index (χ2n) is 12.4. The van der Waals surface area contributed by atoms with Crippen molar-refractivity contribution in [3.05, 3.63) is 220 Å². The van der Waals surface area contributed by atoms with Gasteiger partial charge in [-0.15, -0.1) is 0 Å². The molecule has 0 aliphatic carbocycles. The fraction of sp³-hybridized carbons (Fsp3) is 0.119. The van der Waals surface area contributed by atoms with Crippen molar-refractivity contribution in [2.75, 3.05) is 0 Å². The molecule has 0 heterocycles. The molecule has 0 spiro atoms. The van der Waals surface area contributed by atoms with Crippen molar-refractivity contribution in [1.29, 1.82) is 0 Å². The molecule has 0 atom stereocenters. The first-order chi connectivity index (χ1) is 21.0. The van der Waals surface area contributed by atoms with E-state index >= 15 is 0 Å². The summed E-state index contributed by atoms with van der Waals surface area (Å²) >= 11 is 0. The van der Waals surface area contributed by atoms with Crippen LogP contribution in [0.2, 0.25) is 19.6 Å². The molecule has 0 saturated carbocycles. The van der Waals surface area contributed by atoms with E-state index in [0.29, 0.717) is 0 Å². The molecule has 6 aromatic rings. The summed E-state index contributed by atoms with van der Waals surface area (Å²) in [7, 11) is -1.70. The Kier molecular flexibility index (Phi) is 8.44. The van der Waals surface area contributed by atoms with Crippen LogP contribution in [0.1, 0.15) is 56.3 Å². The minimum atomic E-state index is -1.70. The first-order valence-corrected chi connectivity index (χ1v) is 18.8. The van der Waals surface area contributed by atoms with Gasteiger partial charge in [0.15, 0.2) is 0 Å². The van der Waals surface area contributed by atoms with Crippen molar-refractivity contribution < 1.29 is 0 Å². The maximum Gasteiger partial charge on any atom is 0.121 e. The average molecular weight is 572 g/mol. The third-order valence-electron chi connectivity index (χ3n) is 8.35. The SMILES string of the molecule is C[Si](C)(C)[C+](c1ccc(C(c2ccccc2)c2ccccc2)cc1)c1ccc(C(c2ccccc2)c2ccccc2)cc1. The van der Waals surface area contributed by atoms with Crippen molar-refractivity contribution in [3.63, 3.8) is 0 Å². The Morgan fingerprint density at radius 3 is 0.791 bits per heavy atom. The third kappa shape index (κ3) is 6.43. The maximum absolute atomic E-state index is 2.46. The van der Waals surface area contributed by atoms with Gasteiger partial charge in [0, 0.05) is 41.6 Å². The lowest BCUT2D eigenvalue weighted by Gasteiger charge is -2.26. The Morgan fingerprint density at radius 1 is 0.326 bits per heavy atom. The van der Waals surface area contributed by atoms with Gasteiger partial charge in [0.2, 0.25) is 0 Å². The molecular formula is C42H39Si+. The predicted octanol–water partition coefficient (Wildman–Crippen LogP) is 10.9. The summed E-state index contributed by atoms with van der Waals surface area (Å²) in [6.07, 6.45) is 0. The van der Waals surface area contributed by atoms with E-state index in [0.717, 1.165) is 0 Å². The van der Waals surface area contributed by atoms with Gasteiger partial charge in [-0.05, 0) is 57.6 Å². The predicted molar refractivity (Wildman–Crippen MR) is 185 cm³/mol. The lowest BCUT2D eigenvalue weighted by Crippen LogP contribution is -2.32. The molecule has 0 fully saturated rings. The monoisotopic (exact) mass is 571 g/mol. The molecule has 0 bridgehead atoms. The van der Waals surface area contributed by atoms with Crippen molar-refractivity contribution in [2.45, 2.75) is 31.5 Å². The molecule has 0 aliphatic heterocycles. The standard InChI is InChI=1S/C42H39Si/c1-43(2,3)42(38-28-24-36(25-29-38)40(32-16-8-4-9-17-32)33-18-10-5-11-19-33)39-30-26-37(27-31-39)41(34-20-12-6-13-21-34)35-22-14-7-15-23-35/h4-31,40-41H,1-3H3/q+1. The second kappa shape index (κ2) is 12.7. The lowest BCUT2D eigenvalue weighted by molar-refractivity contribution is 0.974. The zero-order valence-electron chi connectivity index (χ0n) is 25.3. The van der Waals surface area contributed by atoms with Crippen LogP contribution in [0, 0.1) is 5.54 Å². The highest BCUT2D eigenvalue weighted by molar-refractivity contribution is 6.83. The Balaban J connectivity index is 1.35. The van der Waals surface area contributed by atoms with Gasteiger partial charge in [-0.2, -0.15) is 0 Å². The highest BCUT2D eigenvalue weighted by Crippen LogP contribution is 2.38. The summed E-state index contributed by atoms with van der Waals surface area (Å²) in [5.41, 5.74) is 12.1. The number of hydrogen-bond donors (Lipinski definition) is 0. The minimum absolute atomic E-state index is 0.207. The van der Waals surface area contributed by atoms with E-state index in [2.05, 4.69) is 189 Å². The minimum Gasteiger partial charge on any atom is -0.0622 e. The van der Waals surface area contributed by atoms with E-state index in [-0.39, 0.29) is 11.8 Å². The fourth-order valence-electron chi connectivity index (χ4n) is 6.45. The van der Waals surface area contributed by atoms with Gasteiger partial charge >= 0.3 is 0 Å². The highest BCUT2D eigenvalue weighted by atomic mass is 28.3. The van der Waals surface area contributed by atoms with Gasteiger partial charge in [0.1, 0.15) is 8.07 Å². The van der Waals surface area contributed by atoms with Crippen LogP contribution in [0.25, 0.3) is 0 Å². The van der Waals surface area contributed by atoms with E-state index in [1.807, 2.05) is 0 Å². The first-order valence-electron chi connectivity index (χ1n) is 15.3. The second-order valence-corrected chi connectivity index (χ2v) is 17.4. The molecule has 0 nitrogen and oxygen atoms in total. The molecule has 6 aromatic carbocycles. The zero-order chi connectivity index (χ0) is 29.6.